The van der Waals surface area contributed by atoms with E-state index in [9.17, 15) is 0 Å². The Morgan fingerprint density at radius 3 is 1.00 bits per heavy atom. The third-order valence-electron chi connectivity index (χ3n) is 0. The Morgan fingerprint density at radius 2 is 1.00 bits per heavy atom. The molecule has 0 rings (SSSR count). The number of nitrogens with zero attached hydrogens (tertiary/aromatic N) is 2. The summed E-state index contributed by atoms with van der Waals surface area (Å²) in [4.78, 5) is 16.0. The Morgan fingerprint density at radius 1 is 1.00 bits per heavy atom. The number of hydrogen-bond donors (Lipinski definition) is 0. The summed E-state index contributed by atoms with van der Waals surface area (Å²) in [5.41, 5.74) is 0. The molecule has 0 aromatic rings. The Balaban J connectivity index is -0.0000000400. The average Bonchev–Trinajstić information content (AvgIpc) is 1.39. The summed E-state index contributed by atoms with van der Waals surface area (Å²) < 4.78 is 0. The Hall–Kier alpha value is -0.278. The molecule has 7 heteroatoms. The maximum atomic E-state index is 8.00. The van der Waals surface area contributed by atoms with Gasteiger partial charge in [0.1, 0.15) is 0 Å². The van der Waals surface area contributed by atoms with Crippen LogP contribution in [-0.2, 0) is 0 Å². The van der Waals surface area contributed by atoms with E-state index in [-0.39, 0.29) is 27.3 Å². The van der Waals surface area contributed by atoms with Crippen LogP contribution in [0.2, 0.25) is 0 Å². The molecule has 0 aromatic heterocycles. The molecule has 0 N–H and O–H groups in total. The van der Waals surface area contributed by atoms with Crippen LogP contribution in [0.1, 0.15) is 0 Å². The van der Waals surface area contributed by atoms with Crippen LogP contribution in [0.3, 0.4) is 0 Å². The molecule has 0 spiro atoms. The molecule has 0 unspecified atom stereocenters. The molecule has 7 heavy (non-hydrogen) atoms. The van der Waals surface area contributed by atoms with E-state index in [1.54, 1.807) is 0 Å². The molecule has 0 heterocycles. The Kier molecular flexibility index (Phi) is 97.6. The summed E-state index contributed by atoms with van der Waals surface area (Å²) in [7, 11) is 0. The van der Waals surface area contributed by atoms with Crippen molar-refractivity contribution < 1.29 is 0 Å². The Labute approximate surface area is 58.5 Å². The fourth-order valence-corrected chi connectivity index (χ4v) is 0. The summed E-state index contributed by atoms with van der Waals surface area (Å²) in [5.74, 6) is 0. The van der Waals surface area contributed by atoms with E-state index in [2.05, 4.69) is 0 Å². The molecule has 0 amide bonds. The third kappa shape index (κ3) is 1030. The van der Waals surface area contributed by atoms with Crippen molar-refractivity contribution in [2.24, 2.45) is 10.7 Å². The first-order chi connectivity index (χ1) is 2.83. The van der Waals surface area contributed by atoms with Gasteiger partial charge in [-0.25, -0.2) is 0 Å². The van der Waals surface area contributed by atoms with Gasteiger partial charge in [-0.05, 0) is 0 Å². The van der Waals surface area contributed by atoms with Crippen molar-refractivity contribution in [2.75, 3.05) is 0 Å². The molecular weight excluding hydrogens is 299 g/mol. The molecule has 0 aliphatic rings. The van der Waals surface area contributed by atoms with Gasteiger partial charge in [0.05, 0.1) is 0 Å². The van der Waals surface area contributed by atoms with E-state index >= 15 is 0 Å². The van der Waals surface area contributed by atoms with Gasteiger partial charge in [0, 0.05) is 27.3 Å². The van der Waals surface area contributed by atoms with Crippen molar-refractivity contribution in [2.45, 2.75) is 0 Å². The first kappa shape index (κ1) is 15.9. The monoisotopic (exact) mass is 300 g/mol. The predicted molar refractivity (Wildman–Crippen MR) is 24.1 cm³/mol. The van der Waals surface area contributed by atoms with Crippen molar-refractivity contribution in [3.63, 3.8) is 0 Å². The van der Waals surface area contributed by atoms with Gasteiger partial charge in [-0.1, -0.05) is 0 Å². The zero-order valence-corrected chi connectivity index (χ0v) is 6.91. The zero-order chi connectivity index (χ0) is 5.41. The minimum absolute atomic E-state index is 0. The van der Waals surface area contributed by atoms with E-state index in [1.807, 2.05) is 0 Å². The fourth-order valence-electron chi connectivity index (χ4n) is 0. The molecule has 40 valence electrons. The molecule has 0 bridgehead atoms. The first-order valence-corrected chi connectivity index (χ1v) is 0.730. The van der Waals surface area contributed by atoms with E-state index < -0.39 is 0 Å². The van der Waals surface area contributed by atoms with Crippen LogP contribution >= 0.6 is 0 Å². The van der Waals surface area contributed by atoms with Crippen LogP contribution in [0.4, 0.5) is 0 Å². The zero-order valence-electron chi connectivity index (χ0n) is 3.03. The summed E-state index contributed by atoms with van der Waals surface area (Å²) in [6, 6.07) is 0. The van der Waals surface area contributed by atoms with E-state index in [0.717, 1.165) is 10.7 Å². The van der Waals surface area contributed by atoms with E-state index in [1.165, 1.54) is 0 Å². The van der Waals surface area contributed by atoms with Crippen molar-refractivity contribution in [3.05, 3.63) is 20.2 Å². The molecule has 0 aliphatic heterocycles. The van der Waals surface area contributed by atoms with Gasteiger partial charge in [0.15, 0.2) is 0 Å². The van der Waals surface area contributed by atoms with Crippen LogP contribution in [0.15, 0.2) is 10.7 Å². The van der Waals surface area contributed by atoms with Crippen LogP contribution in [0.25, 0.3) is 0 Å². The molecule has 4 radical (unpaired) electrons. The molecule has 0 atom stereocenters. The largest absolute Gasteiger partial charge is 0.444 e. The van der Waals surface area contributed by atoms with Crippen molar-refractivity contribution in [1.29, 1.82) is 0 Å². The van der Waals surface area contributed by atoms with Crippen molar-refractivity contribution in [3.8, 4) is 0 Å². The Bertz CT molecular complexity index is 30.7. The topological polar surface area (TPSA) is 105 Å². The van der Waals surface area contributed by atoms with Gasteiger partial charge in [0.2, 0.25) is 0 Å². The fraction of sp³-hybridized carbons (Fsp3) is 0. The molecule has 0 aliphatic carbocycles. The van der Waals surface area contributed by atoms with Gasteiger partial charge in [0.25, 0.3) is 0 Å². The maximum Gasteiger partial charge on any atom is 0 e. The number of rotatable bonds is 0. The van der Waals surface area contributed by atoms with E-state index in [4.69, 9.17) is 20.2 Å². The second kappa shape index (κ2) is 43.0. The predicted octanol–water partition coefficient (Wildman–Crippen LogP) is 0.120. The van der Waals surface area contributed by atoms with Crippen molar-refractivity contribution >= 4 is 27.3 Å². The minimum atomic E-state index is 0. The summed E-state index contributed by atoms with van der Waals surface area (Å²) in [5, 5.41) is 18.0. The van der Waals surface area contributed by atoms with Crippen LogP contribution < -0.4 is 0 Å². The average molecular weight is 299 g/mol. The normalized spacial score (nSPS) is 3.43. The molecule has 0 saturated heterocycles. The van der Waals surface area contributed by atoms with Gasteiger partial charge < -0.3 is 20.2 Å². The standard InChI is InChI=1S/2HNO2.Pb/c2*2-1-3;/h2*(H,2,3);/p-2. The number of hydrogen-bond acceptors (Lipinski definition) is 6. The SMILES string of the molecule is O=N[O-].O=N[O-].[Pb]. The minimum Gasteiger partial charge on any atom is -0.444 e. The van der Waals surface area contributed by atoms with Crippen LogP contribution in [0, 0.1) is 20.2 Å². The van der Waals surface area contributed by atoms with Gasteiger partial charge in [-0.15, -0.1) is 10.7 Å². The second-order valence-electron chi connectivity index (χ2n) is 0.149. The summed E-state index contributed by atoms with van der Waals surface area (Å²) in [6.45, 7) is 0. The van der Waals surface area contributed by atoms with Crippen LogP contribution in [-0.4, -0.2) is 27.3 Å². The van der Waals surface area contributed by atoms with Gasteiger partial charge >= 0.3 is 0 Å². The smallest absolute Gasteiger partial charge is 0 e. The third-order valence-corrected chi connectivity index (χ3v) is 0. The molecular formula is N2O4Pb-2. The molecule has 0 saturated carbocycles. The van der Waals surface area contributed by atoms with Gasteiger partial charge in [-0.3, -0.25) is 0 Å². The molecule has 6 nitrogen and oxygen atoms in total. The quantitative estimate of drug-likeness (QED) is 0.360. The second-order valence-corrected chi connectivity index (χ2v) is 0.149. The van der Waals surface area contributed by atoms with Gasteiger partial charge in [-0.2, -0.15) is 0 Å². The summed E-state index contributed by atoms with van der Waals surface area (Å²) >= 11 is 0. The molecule has 0 fully saturated rings. The first-order valence-electron chi connectivity index (χ1n) is 0.730. The van der Waals surface area contributed by atoms with Crippen LogP contribution in [0.5, 0.6) is 0 Å². The van der Waals surface area contributed by atoms with E-state index in [0.29, 0.717) is 0 Å². The maximum absolute atomic E-state index is 8.00. The van der Waals surface area contributed by atoms with Crippen molar-refractivity contribution in [1.82, 2.24) is 0 Å². The molecule has 0 aromatic carbocycles. The summed E-state index contributed by atoms with van der Waals surface area (Å²) in [6.07, 6.45) is 0.